The van der Waals surface area contributed by atoms with Crippen molar-refractivity contribution in [3.8, 4) is 5.75 Å². The molecule has 28 heavy (non-hydrogen) atoms. The van der Waals surface area contributed by atoms with E-state index in [1.807, 2.05) is 29.2 Å². The van der Waals surface area contributed by atoms with Crippen LogP contribution >= 0.6 is 0 Å². The van der Waals surface area contributed by atoms with E-state index in [2.05, 4.69) is 27.0 Å². The maximum absolute atomic E-state index is 12.2. The fraction of sp³-hybridized carbons (Fsp3) is 0.381. The van der Waals surface area contributed by atoms with Crippen molar-refractivity contribution in [1.82, 2.24) is 14.9 Å². The summed E-state index contributed by atoms with van der Waals surface area (Å²) >= 11 is 0. The molecule has 0 unspecified atom stereocenters. The Kier molecular flexibility index (Phi) is 5.00. The quantitative estimate of drug-likeness (QED) is 0.821. The summed E-state index contributed by atoms with van der Waals surface area (Å²) in [7, 11) is 1.65. The standard InChI is InChI=1S/C21H24N4O3/c1-28-18-7-5-16(6-8-18)4-2-11-24-12-17-13-25(20-22-9-3-10-23-20)15-21(17,14-24)19(26)27/h2-10,17H,11-15H2,1H3,(H,26,27)/b4-2+/t17-,21-/m1/s1. The second kappa shape index (κ2) is 7.59. The minimum Gasteiger partial charge on any atom is -0.497 e. The summed E-state index contributed by atoms with van der Waals surface area (Å²) in [6, 6.07) is 9.64. The Bertz CT molecular complexity index is 856. The summed E-state index contributed by atoms with van der Waals surface area (Å²) in [6.07, 6.45) is 7.54. The molecular formula is C21H24N4O3. The first kappa shape index (κ1) is 18.4. The van der Waals surface area contributed by atoms with Crippen LogP contribution in [0.25, 0.3) is 6.08 Å². The van der Waals surface area contributed by atoms with E-state index < -0.39 is 11.4 Å². The predicted octanol–water partition coefficient (Wildman–Crippen LogP) is 2.02. The highest BCUT2D eigenvalue weighted by Gasteiger charge is 2.57. The molecule has 2 aromatic rings. The smallest absolute Gasteiger partial charge is 0.313 e. The van der Waals surface area contributed by atoms with E-state index >= 15 is 0 Å². The minimum absolute atomic E-state index is 0.0724. The van der Waals surface area contributed by atoms with Gasteiger partial charge in [0.05, 0.1) is 7.11 Å². The Morgan fingerprint density at radius 3 is 2.64 bits per heavy atom. The summed E-state index contributed by atoms with van der Waals surface area (Å²) in [5.41, 5.74) is 0.341. The molecule has 2 aliphatic rings. The number of nitrogens with zero attached hydrogens (tertiary/aromatic N) is 4. The lowest BCUT2D eigenvalue weighted by Crippen LogP contribution is -2.41. The number of benzene rings is 1. The van der Waals surface area contributed by atoms with Crippen LogP contribution in [0.3, 0.4) is 0 Å². The molecule has 2 atom stereocenters. The van der Waals surface area contributed by atoms with Gasteiger partial charge in [0.1, 0.15) is 11.2 Å². The van der Waals surface area contributed by atoms with Gasteiger partial charge in [-0.1, -0.05) is 24.3 Å². The third kappa shape index (κ3) is 3.45. The Labute approximate surface area is 164 Å². The normalized spacial score (nSPS) is 24.6. The average Bonchev–Trinajstić information content (AvgIpc) is 3.25. The van der Waals surface area contributed by atoms with E-state index in [1.54, 1.807) is 25.6 Å². The van der Waals surface area contributed by atoms with Crippen LogP contribution in [-0.2, 0) is 4.79 Å². The van der Waals surface area contributed by atoms with Gasteiger partial charge in [-0.25, -0.2) is 9.97 Å². The third-order valence-electron chi connectivity index (χ3n) is 5.73. The predicted molar refractivity (Wildman–Crippen MR) is 106 cm³/mol. The number of methoxy groups -OCH3 is 1. The molecule has 1 aromatic carbocycles. The molecular weight excluding hydrogens is 356 g/mol. The van der Waals surface area contributed by atoms with Crippen LogP contribution in [0, 0.1) is 11.3 Å². The van der Waals surface area contributed by atoms with Gasteiger partial charge in [0.25, 0.3) is 0 Å². The highest BCUT2D eigenvalue weighted by atomic mass is 16.5. The van der Waals surface area contributed by atoms with E-state index in [0.29, 0.717) is 25.6 Å². The first-order valence-electron chi connectivity index (χ1n) is 9.39. The van der Waals surface area contributed by atoms with Gasteiger partial charge in [0.2, 0.25) is 5.95 Å². The molecule has 7 heteroatoms. The lowest BCUT2D eigenvalue weighted by Gasteiger charge is -2.24. The number of carboxylic acid groups (broad SMARTS) is 1. The number of aliphatic carboxylic acids is 1. The summed E-state index contributed by atoms with van der Waals surface area (Å²) in [6.45, 7) is 3.18. The van der Waals surface area contributed by atoms with Crippen molar-refractivity contribution in [3.63, 3.8) is 0 Å². The molecule has 2 aliphatic heterocycles. The van der Waals surface area contributed by atoms with Gasteiger partial charge in [-0.15, -0.1) is 0 Å². The number of hydrogen-bond donors (Lipinski definition) is 1. The van der Waals surface area contributed by atoms with Gasteiger partial charge < -0.3 is 14.7 Å². The average molecular weight is 380 g/mol. The first-order chi connectivity index (χ1) is 13.6. The fourth-order valence-electron chi connectivity index (χ4n) is 4.27. The summed E-state index contributed by atoms with van der Waals surface area (Å²) in [5, 5.41) is 9.99. The van der Waals surface area contributed by atoms with Crippen LogP contribution in [0.1, 0.15) is 5.56 Å². The number of likely N-dealkylation sites (tertiary alicyclic amines) is 1. The number of hydrogen-bond acceptors (Lipinski definition) is 6. The molecule has 0 amide bonds. The Morgan fingerprint density at radius 2 is 2.00 bits per heavy atom. The zero-order valence-electron chi connectivity index (χ0n) is 15.9. The van der Waals surface area contributed by atoms with Crippen molar-refractivity contribution in [2.45, 2.75) is 0 Å². The largest absolute Gasteiger partial charge is 0.497 e. The molecule has 2 fully saturated rings. The van der Waals surface area contributed by atoms with Gasteiger partial charge in [-0.3, -0.25) is 9.69 Å². The topological polar surface area (TPSA) is 78.8 Å². The number of ether oxygens (including phenoxy) is 1. The lowest BCUT2D eigenvalue weighted by atomic mass is 9.81. The van der Waals surface area contributed by atoms with E-state index in [4.69, 9.17) is 4.74 Å². The van der Waals surface area contributed by atoms with Crippen LogP contribution in [0.5, 0.6) is 5.75 Å². The van der Waals surface area contributed by atoms with Crippen molar-refractivity contribution < 1.29 is 14.6 Å². The number of fused-ring (bicyclic) bond motifs is 1. The number of carbonyl (C=O) groups is 1. The van der Waals surface area contributed by atoms with Gasteiger partial charge >= 0.3 is 5.97 Å². The Morgan fingerprint density at radius 1 is 1.25 bits per heavy atom. The number of carboxylic acids is 1. The first-order valence-corrected chi connectivity index (χ1v) is 9.39. The van der Waals surface area contributed by atoms with Crippen LogP contribution in [0.2, 0.25) is 0 Å². The molecule has 0 bridgehead atoms. The third-order valence-corrected chi connectivity index (χ3v) is 5.73. The Balaban J connectivity index is 1.40. The molecule has 0 aliphatic carbocycles. The Hall–Kier alpha value is -2.93. The van der Waals surface area contributed by atoms with Crippen molar-refractivity contribution in [2.75, 3.05) is 44.7 Å². The highest BCUT2D eigenvalue weighted by Crippen LogP contribution is 2.43. The summed E-state index contributed by atoms with van der Waals surface area (Å²) < 4.78 is 5.17. The van der Waals surface area contributed by atoms with Crippen molar-refractivity contribution in [1.29, 1.82) is 0 Å². The number of anilines is 1. The molecule has 146 valence electrons. The van der Waals surface area contributed by atoms with Gasteiger partial charge in [0, 0.05) is 51.0 Å². The van der Waals surface area contributed by atoms with Crippen LogP contribution in [0.4, 0.5) is 5.95 Å². The molecule has 0 radical (unpaired) electrons. The second-order valence-corrected chi connectivity index (χ2v) is 7.46. The molecule has 0 spiro atoms. The molecule has 7 nitrogen and oxygen atoms in total. The van der Waals surface area contributed by atoms with Gasteiger partial charge in [-0.05, 0) is 23.8 Å². The molecule has 3 heterocycles. The van der Waals surface area contributed by atoms with E-state index in [9.17, 15) is 9.90 Å². The molecule has 1 aromatic heterocycles. The highest BCUT2D eigenvalue weighted by molar-refractivity contribution is 5.78. The lowest BCUT2D eigenvalue weighted by molar-refractivity contribution is -0.148. The number of aromatic nitrogens is 2. The minimum atomic E-state index is -0.757. The molecule has 2 saturated heterocycles. The van der Waals surface area contributed by atoms with Crippen LogP contribution in [-0.4, -0.2) is 65.8 Å². The number of rotatable bonds is 6. The molecule has 4 rings (SSSR count). The molecule has 1 N–H and O–H groups in total. The van der Waals surface area contributed by atoms with Crippen LogP contribution in [0.15, 0.2) is 48.8 Å². The van der Waals surface area contributed by atoms with E-state index in [0.717, 1.165) is 24.4 Å². The van der Waals surface area contributed by atoms with Crippen LogP contribution < -0.4 is 9.64 Å². The van der Waals surface area contributed by atoms with Crippen molar-refractivity contribution in [2.24, 2.45) is 11.3 Å². The summed E-state index contributed by atoms with van der Waals surface area (Å²) in [4.78, 5) is 24.9. The summed E-state index contributed by atoms with van der Waals surface area (Å²) in [5.74, 6) is 0.795. The van der Waals surface area contributed by atoms with Crippen molar-refractivity contribution >= 4 is 18.0 Å². The monoisotopic (exact) mass is 380 g/mol. The fourth-order valence-corrected chi connectivity index (χ4v) is 4.27. The maximum Gasteiger partial charge on any atom is 0.313 e. The zero-order valence-corrected chi connectivity index (χ0v) is 15.9. The van der Waals surface area contributed by atoms with Gasteiger partial charge in [-0.2, -0.15) is 0 Å². The van der Waals surface area contributed by atoms with E-state index in [1.165, 1.54) is 0 Å². The van der Waals surface area contributed by atoms with Gasteiger partial charge in [0.15, 0.2) is 0 Å². The zero-order chi connectivity index (χ0) is 19.6. The maximum atomic E-state index is 12.2. The second-order valence-electron chi connectivity index (χ2n) is 7.46. The SMILES string of the molecule is COc1ccc(/C=C/CN2C[C@@H]3CN(c4ncccn4)C[C@]3(C(=O)O)C2)cc1. The van der Waals surface area contributed by atoms with E-state index in [-0.39, 0.29) is 5.92 Å². The van der Waals surface area contributed by atoms with Crippen molar-refractivity contribution in [3.05, 3.63) is 54.4 Å². The molecule has 0 saturated carbocycles.